The molecule has 6 aromatic rings. The van der Waals surface area contributed by atoms with E-state index in [-0.39, 0.29) is 46.7 Å². The number of nitrogens with one attached hydrogen (secondary N) is 2. The van der Waals surface area contributed by atoms with Gasteiger partial charge in [0.25, 0.3) is 11.8 Å². The maximum atomic E-state index is 13.4. The fraction of sp³-hybridized carbons (Fsp3) is 0.261. The highest BCUT2D eigenvalue weighted by Crippen LogP contribution is 2.34. The van der Waals surface area contributed by atoms with Crippen LogP contribution in [0.2, 0.25) is 0 Å². The van der Waals surface area contributed by atoms with Gasteiger partial charge in [0.2, 0.25) is 11.8 Å². The van der Waals surface area contributed by atoms with Crippen LogP contribution in [0.3, 0.4) is 0 Å². The average molecular weight is 815 g/mol. The molecule has 0 saturated carbocycles. The number of halogens is 2. The van der Waals surface area contributed by atoms with Crippen LogP contribution in [0.5, 0.6) is 0 Å². The van der Waals surface area contributed by atoms with Gasteiger partial charge in [0, 0.05) is 23.3 Å². The number of hydrogen-bond acceptors (Lipinski definition) is 8. The van der Waals surface area contributed by atoms with Gasteiger partial charge in [-0.2, -0.15) is 0 Å². The predicted octanol–water partition coefficient (Wildman–Crippen LogP) is 8.33. The van der Waals surface area contributed by atoms with Crippen molar-refractivity contribution >= 4 is 23.6 Å². The lowest BCUT2D eigenvalue weighted by Gasteiger charge is -2.28. The monoisotopic (exact) mass is 814 g/mol. The molecule has 308 valence electrons. The molecular weight excluding hydrogens is 771 g/mol. The van der Waals surface area contributed by atoms with Gasteiger partial charge in [-0.05, 0) is 84.3 Å². The van der Waals surface area contributed by atoms with Gasteiger partial charge in [0.05, 0.1) is 0 Å². The molecule has 0 radical (unpaired) electrons. The number of amides is 4. The van der Waals surface area contributed by atoms with E-state index in [1.807, 2.05) is 88.4 Å². The second kappa shape index (κ2) is 17.9. The standard InChI is InChI=1S/2C23H22FN3O3/c2*1-14(2)12-19-22(28)25-21(16-6-4-3-5-7-16)27(19)23(29)18-13-20(30-26-18)15-8-10-17(24)11-9-15/h2*3-11,13-14,19,21H,12H2,1-2H3,(H,25,28)/t19-,21+;19-,21-/m00/s1. The zero-order valence-electron chi connectivity index (χ0n) is 33.4. The number of carbonyl (C=O) groups is 4. The molecule has 4 heterocycles. The van der Waals surface area contributed by atoms with Gasteiger partial charge in [0.1, 0.15) is 36.0 Å². The van der Waals surface area contributed by atoms with Crippen LogP contribution < -0.4 is 10.6 Å². The lowest BCUT2D eigenvalue weighted by molar-refractivity contribution is -0.122. The number of nitrogens with zero attached hydrogens (tertiary/aromatic N) is 4. The molecule has 4 aromatic carbocycles. The van der Waals surface area contributed by atoms with Crippen molar-refractivity contribution in [2.45, 2.75) is 65.0 Å². The first-order valence-corrected chi connectivity index (χ1v) is 19.7. The van der Waals surface area contributed by atoms with Crippen LogP contribution in [0, 0.1) is 23.5 Å². The predicted molar refractivity (Wildman–Crippen MR) is 217 cm³/mol. The van der Waals surface area contributed by atoms with Crippen molar-refractivity contribution in [3.05, 3.63) is 155 Å². The molecule has 0 unspecified atom stereocenters. The summed E-state index contributed by atoms with van der Waals surface area (Å²) in [6.45, 7) is 8.03. The molecule has 4 atom stereocenters. The Morgan fingerprint density at radius 3 is 1.27 bits per heavy atom. The van der Waals surface area contributed by atoms with Crippen molar-refractivity contribution < 1.29 is 37.0 Å². The van der Waals surface area contributed by atoms with Crippen molar-refractivity contribution in [1.29, 1.82) is 0 Å². The van der Waals surface area contributed by atoms with Gasteiger partial charge in [-0.1, -0.05) is 98.7 Å². The molecule has 12 nitrogen and oxygen atoms in total. The Kier molecular flexibility index (Phi) is 12.3. The first kappa shape index (κ1) is 41.2. The van der Waals surface area contributed by atoms with Crippen LogP contribution in [-0.4, -0.2) is 55.8 Å². The number of carbonyl (C=O) groups excluding carboxylic acids is 4. The summed E-state index contributed by atoms with van der Waals surface area (Å²) in [5.41, 5.74) is 3.04. The van der Waals surface area contributed by atoms with E-state index in [1.54, 1.807) is 34.1 Å². The van der Waals surface area contributed by atoms with Gasteiger partial charge >= 0.3 is 0 Å². The van der Waals surface area contributed by atoms with E-state index in [2.05, 4.69) is 20.9 Å². The van der Waals surface area contributed by atoms with Gasteiger partial charge in [-0.3, -0.25) is 19.2 Å². The van der Waals surface area contributed by atoms with Crippen molar-refractivity contribution in [2.75, 3.05) is 0 Å². The first-order chi connectivity index (χ1) is 28.9. The van der Waals surface area contributed by atoms with Gasteiger partial charge in [-0.15, -0.1) is 0 Å². The number of benzene rings is 4. The van der Waals surface area contributed by atoms with Gasteiger partial charge in [-0.25, -0.2) is 8.78 Å². The minimum atomic E-state index is -0.603. The summed E-state index contributed by atoms with van der Waals surface area (Å²) in [4.78, 5) is 55.4. The van der Waals surface area contributed by atoms with Crippen molar-refractivity contribution in [3.8, 4) is 22.6 Å². The molecule has 2 N–H and O–H groups in total. The summed E-state index contributed by atoms with van der Waals surface area (Å²) in [7, 11) is 0. The summed E-state index contributed by atoms with van der Waals surface area (Å²) >= 11 is 0. The van der Waals surface area contributed by atoms with E-state index in [1.165, 1.54) is 36.4 Å². The van der Waals surface area contributed by atoms with Gasteiger partial charge in [0.15, 0.2) is 22.9 Å². The van der Waals surface area contributed by atoms with E-state index in [0.29, 0.717) is 35.5 Å². The van der Waals surface area contributed by atoms with Crippen molar-refractivity contribution in [2.24, 2.45) is 11.8 Å². The highest BCUT2D eigenvalue weighted by molar-refractivity contribution is 6.00. The topological polar surface area (TPSA) is 151 Å². The second-order valence-corrected chi connectivity index (χ2v) is 15.5. The van der Waals surface area contributed by atoms with Crippen LogP contribution in [0.25, 0.3) is 22.6 Å². The Morgan fingerprint density at radius 1 is 0.583 bits per heavy atom. The van der Waals surface area contributed by atoms with Crippen molar-refractivity contribution in [1.82, 2.24) is 30.7 Å². The van der Waals surface area contributed by atoms with Gasteiger partial charge < -0.3 is 29.5 Å². The van der Waals surface area contributed by atoms with Crippen LogP contribution >= 0.6 is 0 Å². The SMILES string of the molecule is CC(C)C[C@H]1C(=O)N[C@@H](c2ccccc2)N1C(=O)c1cc(-c2ccc(F)cc2)on1.CC(C)C[C@H]1C(=O)N[C@H](c2ccccc2)N1C(=O)c1cc(-c2ccc(F)cc2)on1. The molecule has 0 spiro atoms. The molecule has 2 saturated heterocycles. The molecule has 2 aromatic heterocycles. The number of hydrogen-bond donors (Lipinski definition) is 2. The smallest absolute Gasteiger partial charge is 0.278 e. The van der Waals surface area contributed by atoms with Crippen LogP contribution in [-0.2, 0) is 9.59 Å². The largest absolute Gasteiger partial charge is 0.355 e. The number of aromatic nitrogens is 2. The summed E-state index contributed by atoms with van der Waals surface area (Å²) in [6.07, 6.45) is -0.102. The Balaban J connectivity index is 0.000000181. The third kappa shape index (κ3) is 9.02. The Labute approximate surface area is 345 Å². The molecule has 2 aliphatic rings. The zero-order chi connectivity index (χ0) is 42.5. The lowest BCUT2D eigenvalue weighted by atomic mass is 10.0. The summed E-state index contributed by atoms with van der Waals surface area (Å²) in [6, 6.07) is 32.0. The summed E-state index contributed by atoms with van der Waals surface area (Å²) in [5, 5.41) is 13.7. The minimum absolute atomic E-state index is 0.0977. The first-order valence-electron chi connectivity index (χ1n) is 19.7. The highest BCUT2D eigenvalue weighted by atomic mass is 19.1. The lowest BCUT2D eigenvalue weighted by Crippen LogP contribution is -2.40. The molecular formula is C46H44F2N6O6. The molecule has 4 amide bonds. The third-order valence-electron chi connectivity index (χ3n) is 10.2. The fourth-order valence-corrected chi connectivity index (χ4v) is 7.34. The quantitative estimate of drug-likeness (QED) is 0.140. The van der Waals surface area contributed by atoms with E-state index in [4.69, 9.17) is 9.05 Å². The number of rotatable bonds is 10. The van der Waals surface area contributed by atoms with E-state index >= 15 is 0 Å². The van der Waals surface area contributed by atoms with Crippen molar-refractivity contribution in [3.63, 3.8) is 0 Å². The van der Waals surface area contributed by atoms with Crippen LogP contribution in [0.15, 0.2) is 130 Å². The molecule has 60 heavy (non-hydrogen) atoms. The van der Waals surface area contributed by atoms with E-state index < -0.39 is 36.2 Å². The molecule has 0 aliphatic carbocycles. The highest BCUT2D eigenvalue weighted by Gasteiger charge is 2.46. The fourth-order valence-electron chi connectivity index (χ4n) is 7.34. The molecule has 2 aliphatic heterocycles. The minimum Gasteiger partial charge on any atom is -0.355 e. The molecule has 2 fully saturated rings. The maximum absolute atomic E-state index is 13.4. The second-order valence-electron chi connectivity index (χ2n) is 15.5. The Bertz CT molecular complexity index is 2270. The Hall–Kier alpha value is -6.96. The summed E-state index contributed by atoms with van der Waals surface area (Å²) < 4.78 is 37.0. The maximum Gasteiger partial charge on any atom is 0.278 e. The summed E-state index contributed by atoms with van der Waals surface area (Å²) in [5.74, 6) is -0.745. The van der Waals surface area contributed by atoms with E-state index in [0.717, 1.165) is 11.1 Å². The van der Waals surface area contributed by atoms with Crippen LogP contribution in [0.4, 0.5) is 8.78 Å². The van der Waals surface area contributed by atoms with Crippen LogP contribution in [0.1, 0.15) is 85.0 Å². The average Bonchev–Trinajstić information content (AvgIpc) is 4.06. The molecule has 0 bridgehead atoms. The molecule has 8 rings (SSSR count). The Morgan fingerprint density at radius 2 is 0.933 bits per heavy atom. The normalized spacial score (nSPS) is 18.7. The molecule has 14 heteroatoms. The van der Waals surface area contributed by atoms with E-state index in [9.17, 15) is 28.0 Å². The zero-order valence-corrected chi connectivity index (χ0v) is 33.4. The third-order valence-corrected chi connectivity index (χ3v) is 10.2.